The maximum absolute atomic E-state index is 12.4. The predicted molar refractivity (Wildman–Crippen MR) is 101 cm³/mol. The topological polar surface area (TPSA) is 99.4 Å². The van der Waals surface area contributed by atoms with Crippen LogP contribution in [0.25, 0.3) is 11.2 Å². The molecule has 0 radical (unpaired) electrons. The van der Waals surface area contributed by atoms with Crippen LogP contribution in [0.2, 0.25) is 0 Å². The smallest absolute Gasteiger partial charge is 0.329 e. The first-order valence-electron chi connectivity index (χ1n) is 8.52. The summed E-state index contributed by atoms with van der Waals surface area (Å²) in [6, 6.07) is 0. The average Bonchev–Trinajstić information content (AvgIpc) is 2.99. The number of imidazole rings is 1. The van der Waals surface area contributed by atoms with E-state index in [0.717, 1.165) is 26.2 Å². The van der Waals surface area contributed by atoms with Gasteiger partial charge in [-0.25, -0.2) is 4.79 Å². The summed E-state index contributed by atoms with van der Waals surface area (Å²) < 4.78 is 3.14. The number of aryl methyl sites for hydroxylation is 1. The van der Waals surface area contributed by atoms with E-state index in [9.17, 15) is 9.59 Å². The number of H-pyrrole nitrogens is 1. The van der Waals surface area contributed by atoms with Crippen LogP contribution in [-0.4, -0.2) is 68.4 Å². The Morgan fingerprint density at radius 1 is 1.31 bits per heavy atom. The van der Waals surface area contributed by atoms with Gasteiger partial charge in [0.05, 0.1) is 6.61 Å². The third-order valence-corrected chi connectivity index (χ3v) is 4.77. The summed E-state index contributed by atoms with van der Waals surface area (Å²) in [5.41, 5.74) is -0.238. The minimum atomic E-state index is -0.490. The molecule has 2 N–H and O–H groups in total. The quantitative estimate of drug-likeness (QED) is 0.735. The number of hydrogen-bond donors (Lipinski definition) is 2. The van der Waals surface area contributed by atoms with Gasteiger partial charge in [0, 0.05) is 51.3 Å². The molecular weight excluding hydrogens is 360 g/mol. The number of allylic oxidation sites excluding steroid dienone is 2. The van der Waals surface area contributed by atoms with E-state index in [0.29, 0.717) is 35.2 Å². The van der Waals surface area contributed by atoms with Crippen LogP contribution in [0.5, 0.6) is 0 Å². The van der Waals surface area contributed by atoms with Crippen molar-refractivity contribution in [3.8, 4) is 0 Å². The van der Waals surface area contributed by atoms with Gasteiger partial charge in [0.2, 0.25) is 5.95 Å². The Balaban J connectivity index is 2.07. The van der Waals surface area contributed by atoms with Gasteiger partial charge in [-0.05, 0) is 6.92 Å². The van der Waals surface area contributed by atoms with Crippen LogP contribution in [0.3, 0.4) is 0 Å². The number of hydrogen-bond acceptors (Lipinski definition) is 6. The number of aromatic nitrogens is 4. The number of piperazine rings is 1. The number of anilines is 1. The number of nitrogens with zero attached hydrogens (tertiary/aromatic N) is 5. The maximum atomic E-state index is 12.4. The lowest BCUT2D eigenvalue weighted by Gasteiger charge is -2.35. The number of aromatic amines is 1. The van der Waals surface area contributed by atoms with Crippen LogP contribution in [0.15, 0.2) is 20.7 Å². The Hall–Kier alpha value is -2.10. The molecule has 1 saturated heterocycles. The maximum Gasteiger partial charge on any atom is 0.329 e. The highest BCUT2D eigenvalue weighted by Gasteiger charge is 2.24. The van der Waals surface area contributed by atoms with Gasteiger partial charge in [-0.2, -0.15) is 4.98 Å². The molecule has 142 valence electrons. The van der Waals surface area contributed by atoms with Gasteiger partial charge in [-0.1, -0.05) is 17.7 Å². The van der Waals surface area contributed by atoms with E-state index in [4.69, 9.17) is 16.7 Å². The number of nitrogens with one attached hydrogen (secondary N) is 1. The molecular formula is C16H23ClN6O3. The molecule has 2 aromatic heterocycles. The van der Waals surface area contributed by atoms with Crippen molar-refractivity contribution < 1.29 is 5.11 Å². The Morgan fingerprint density at radius 2 is 2.00 bits per heavy atom. The van der Waals surface area contributed by atoms with Crippen LogP contribution >= 0.6 is 11.6 Å². The Bertz CT molecular complexity index is 932. The number of aliphatic hydroxyl groups excluding tert-OH is 1. The molecule has 0 unspecified atom stereocenters. The Morgan fingerprint density at radius 3 is 2.62 bits per heavy atom. The molecule has 0 saturated carbocycles. The molecule has 0 amide bonds. The summed E-state index contributed by atoms with van der Waals surface area (Å²) in [5, 5.41) is 9.71. The zero-order valence-electron chi connectivity index (χ0n) is 14.9. The lowest BCUT2D eigenvalue weighted by molar-refractivity contribution is 0.188. The summed E-state index contributed by atoms with van der Waals surface area (Å²) in [5.74, 6) is 0.643. The molecule has 0 atom stereocenters. The SMILES string of the molecule is CC(Cl)=CCn1c(N2CCN(CCO)CC2)nc2c1c(=O)[nH]c(=O)n2C. The van der Waals surface area contributed by atoms with Crippen LogP contribution in [0.1, 0.15) is 6.92 Å². The van der Waals surface area contributed by atoms with Gasteiger partial charge < -0.3 is 14.6 Å². The Labute approximate surface area is 155 Å². The highest BCUT2D eigenvalue weighted by molar-refractivity contribution is 6.29. The summed E-state index contributed by atoms with van der Waals surface area (Å²) in [4.78, 5) is 35.5. The number of aliphatic hydroxyl groups is 1. The second-order valence-electron chi connectivity index (χ2n) is 6.36. The molecule has 1 aliphatic heterocycles. The molecule has 3 rings (SSSR count). The third kappa shape index (κ3) is 3.55. The molecule has 26 heavy (non-hydrogen) atoms. The first-order valence-corrected chi connectivity index (χ1v) is 8.90. The fourth-order valence-corrected chi connectivity index (χ4v) is 3.24. The molecule has 1 fully saturated rings. The van der Waals surface area contributed by atoms with Gasteiger partial charge in [-0.3, -0.25) is 19.2 Å². The second-order valence-corrected chi connectivity index (χ2v) is 6.95. The van der Waals surface area contributed by atoms with E-state index in [1.54, 1.807) is 24.6 Å². The standard InChI is InChI=1S/C16H23ClN6O3/c1-11(17)3-4-23-12-13(20(2)16(26)19-14(12)25)18-15(23)22-7-5-21(6-8-22)9-10-24/h3,24H,4-10H2,1-2H3,(H,19,25,26). The second kappa shape index (κ2) is 7.65. The number of rotatable bonds is 5. The van der Waals surface area contributed by atoms with Crippen LogP contribution in [0, 0.1) is 0 Å². The first-order chi connectivity index (χ1) is 12.4. The van der Waals surface area contributed by atoms with E-state index < -0.39 is 11.2 Å². The van der Waals surface area contributed by atoms with Crippen molar-refractivity contribution in [2.24, 2.45) is 7.05 Å². The number of halogens is 1. The fraction of sp³-hybridized carbons (Fsp3) is 0.562. The molecule has 3 heterocycles. The first kappa shape index (κ1) is 18.7. The van der Waals surface area contributed by atoms with E-state index >= 15 is 0 Å². The van der Waals surface area contributed by atoms with Crippen molar-refractivity contribution >= 4 is 28.7 Å². The summed E-state index contributed by atoms with van der Waals surface area (Å²) >= 11 is 5.98. The van der Waals surface area contributed by atoms with Gasteiger partial charge in [0.25, 0.3) is 5.56 Å². The summed E-state index contributed by atoms with van der Waals surface area (Å²) in [6.45, 7) is 5.97. The van der Waals surface area contributed by atoms with E-state index in [2.05, 4.69) is 19.8 Å². The molecule has 2 aromatic rings. The van der Waals surface area contributed by atoms with Crippen molar-refractivity contribution in [1.82, 2.24) is 24.0 Å². The molecule has 1 aliphatic rings. The summed E-state index contributed by atoms with van der Waals surface area (Å²) in [6.07, 6.45) is 1.80. The highest BCUT2D eigenvalue weighted by atomic mass is 35.5. The van der Waals surface area contributed by atoms with Crippen molar-refractivity contribution in [3.05, 3.63) is 31.9 Å². The molecule has 0 aliphatic carbocycles. The van der Waals surface area contributed by atoms with Gasteiger partial charge >= 0.3 is 5.69 Å². The molecule has 0 spiro atoms. The average molecular weight is 383 g/mol. The summed E-state index contributed by atoms with van der Waals surface area (Å²) in [7, 11) is 1.59. The zero-order valence-corrected chi connectivity index (χ0v) is 15.7. The highest BCUT2D eigenvalue weighted by Crippen LogP contribution is 2.21. The minimum Gasteiger partial charge on any atom is -0.395 e. The minimum absolute atomic E-state index is 0.135. The van der Waals surface area contributed by atoms with Crippen LogP contribution < -0.4 is 16.1 Å². The molecule has 0 bridgehead atoms. The zero-order chi connectivity index (χ0) is 18.8. The van der Waals surface area contributed by atoms with E-state index in [-0.39, 0.29) is 6.61 Å². The van der Waals surface area contributed by atoms with Crippen molar-refractivity contribution in [3.63, 3.8) is 0 Å². The molecule has 0 aromatic carbocycles. The van der Waals surface area contributed by atoms with Crippen molar-refractivity contribution in [1.29, 1.82) is 0 Å². The van der Waals surface area contributed by atoms with E-state index in [1.807, 2.05) is 0 Å². The predicted octanol–water partition coefficient (Wildman–Crippen LogP) is -0.320. The largest absolute Gasteiger partial charge is 0.395 e. The lowest BCUT2D eigenvalue weighted by atomic mass is 10.3. The third-order valence-electron chi connectivity index (χ3n) is 4.61. The van der Waals surface area contributed by atoms with Gasteiger partial charge in [-0.15, -0.1) is 0 Å². The van der Waals surface area contributed by atoms with Crippen LogP contribution in [-0.2, 0) is 13.6 Å². The Kier molecular flexibility index (Phi) is 5.49. The van der Waals surface area contributed by atoms with Gasteiger partial charge in [0.15, 0.2) is 11.2 Å². The van der Waals surface area contributed by atoms with Crippen molar-refractivity contribution in [2.75, 3.05) is 44.2 Å². The lowest BCUT2D eigenvalue weighted by Crippen LogP contribution is -2.48. The van der Waals surface area contributed by atoms with Crippen molar-refractivity contribution in [2.45, 2.75) is 13.5 Å². The monoisotopic (exact) mass is 382 g/mol. The number of β-amino-alcohol motifs (C(OH)–C–C–N with tert-alkyl or cyclic N) is 1. The van der Waals surface area contributed by atoms with Crippen LogP contribution in [0.4, 0.5) is 5.95 Å². The number of fused-ring (bicyclic) bond motifs is 1. The molecule has 10 heteroatoms. The van der Waals surface area contributed by atoms with Gasteiger partial charge in [0.1, 0.15) is 0 Å². The van der Waals surface area contributed by atoms with E-state index in [1.165, 1.54) is 4.57 Å². The molecule has 9 nitrogen and oxygen atoms in total. The fourth-order valence-electron chi connectivity index (χ4n) is 3.17. The normalized spacial score (nSPS) is 16.6.